The normalized spacial score (nSPS) is 11.5. The molecular formula is C46H29N5O. The van der Waals surface area contributed by atoms with Crippen molar-refractivity contribution >= 4 is 27.6 Å². The number of furan rings is 1. The molecule has 10 rings (SSSR count). The van der Waals surface area contributed by atoms with Gasteiger partial charge in [0.1, 0.15) is 16.8 Å². The molecule has 0 atom stereocenters. The second-order valence-electron chi connectivity index (χ2n) is 12.7. The number of rotatable bonds is 6. The molecule has 0 aliphatic heterocycles. The fraction of sp³-hybridized carbons (Fsp3) is 0. The number of hydrogen-bond donors (Lipinski definition) is 0. The molecule has 0 aliphatic rings. The van der Waals surface area contributed by atoms with Crippen LogP contribution in [-0.4, -0.2) is 24.3 Å². The minimum Gasteiger partial charge on any atom is -0.455 e. The molecule has 244 valence electrons. The Balaban J connectivity index is 1.01. The predicted molar refractivity (Wildman–Crippen MR) is 208 cm³/mol. The van der Waals surface area contributed by atoms with E-state index in [1.54, 1.807) is 0 Å². The lowest BCUT2D eigenvalue weighted by Gasteiger charge is -2.10. The summed E-state index contributed by atoms with van der Waals surface area (Å²) in [5.41, 5.74) is 11.6. The average Bonchev–Trinajstić information content (AvgIpc) is 3.81. The first-order valence-electron chi connectivity index (χ1n) is 17.2. The minimum atomic E-state index is 0.633. The lowest BCUT2D eigenvalue weighted by molar-refractivity contribution is 0.670. The number of fused-ring (bicyclic) bond motifs is 4. The topological polar surface area (TPSA) is 69.1 Å². The lowest BCUT2D eigenvalue weighted by Crippen LogP contribution is -2.00. The van der Waals surface area contributed by atoms with Gasteiger partial charge in [-0.3, -0.25) is 4.40 Å². The van der Waals surface area contributed by atoms with Crippen molar-refractivity contribution in [3.63, 3.8) is 0 Å². The molecular weight excluding hydrogens is 639 g/mol. The van der Waals surface area contributed by atoms with Crippen LogP contribution in [0.3, 0.4) is 0 Å². The molecule has 6 heteroatoms. The van der Waals surface area contributed by atoms with Crippen LogP contribution in [0.2, 0.25) is 0 Å². The zero-order valence-electron chi connectivity index (χ0n) is 27.9. The highest BCUT2D eigenvalue weighted by molar-refractivity contribution is 6.10. The van der Waals surface area contributed by atoms with Crippen LogP contribution in [0.5, 0.6) is 0 Å². The van der Waals surface area contributed by atoms with Crippen LogP contribution in [0.4, 0.5) is 0 Å². The summed E-state index contributed by atoms with van der Waals surface area (Å²) in [6, 6.07) is 57.7. The minimum absolute atomic E-state index is 0.633. The summed E-state index contributed by atoms with van der Waals surface area (Å²) < 4.78 is 8.62. The van der Waals surface area contributed by atoms with Gasteiger partial charge in [-0.2, -0.15) is 0 Å². The summed E-state index contributed by atoms with van der Waals surface area (Å²) in [6.07, 6.45) is 2.07. The summed E-state index contributed by atoms with van der Waals surface area (Å²) >= 11 is 0. The van der Waals surface area contributed by atoms with Crippen LogP contribution in [0.15, 0.2) is 180 Å². The third kappa shape index (κ3) is 5.13. The molecule has 0 aliphatic carbocycles. The van der Waals surface area contributed by atoms with E-state index in [4.69, 9.17) is 24.4 Å². The fourth-order valence-electron chi connectivity index (χ4n) is 6.96. The summed E-state index contributed by atoms with van der Waals surface area (Å²) in [7, 11) is 0. The van der Waals surface area contributed by atoms with E-state index in [1.165, 1.54) is 0 Å². The Morgan fingerprint density at radius 2 is 0.904 bits per heavy atom. The Hall–Kier alpha value is -7.18. The monoisotopic (exact) mass is 667 g/mol. The predicted octanol–water partition coefficient (Wildman–Crippen LogP) is 11.4. The van der Waals surface area contributed by atoms with Crippen molar-refractivity contribution in [1.29, 1.82) is 0 Å². The van der Waals surface area contributed by atoms with Crippen molar-refractivity contribution < 1.29 is 4.42 Å². The van der Waals surface area contributed by atoms with Gasteiger partial charge in [-0.25, -0.2) is 19.9 Å². The highest BCUT2D eigenvalue weighted by atomic mass is 16.3. The molecule has 0 spiro atoms. The van der Waals surface area contributed by atoms with Crippen LogP contribution in [-0.2, 0) is 0 Å². The van der Waals surface area contributed by atoms with E-state index in [0.29, 0.717) is 17.5 Å². The quantitative estimate of drug-likeness (QED) is 0.176. The molecule has 0 amide bonds. The summed E-state index contributed by atoms with van der Waals surface area (Å²) in [6.45, 7) is 0. The number of benzene rings is 6. The zero-order valence-corrected chi connectivity index (χ0v) is 27.9. The fourth-order valence-corrected chi connectivity index (χ4v) is 6.96. The smallest absolute Gasteiger partial charge is 0.164 e. The molecule has 0 bridgehead atoms. The second kappa shape index (κ2) is 12.3. The second-order valence-corrected chi connectivity index (χ2v) is 12.7. The Labute approximate surface area is 299 Å². The van der Waals surface area contributed by atoms with Crippen LogP contribution in [0.1, 0.15) is 0 Å². The number of pyridine rings is 1. The SMILES string of the molecule is c1ccc(-c2nc(-c3ccccc3)nc(-c3ccc(-c4ccc(-c5nc6ccccn6c5-c5cccc6c5oc5ccccc56)cc4)cc3)n2)cc1. The molecule has 0 N–H and O–H groups in total. The standard InChI is InChI=1S/C46H29N5O/c1-3-12-33(13-4-1)44-48-45(34-14-5-2-6-15-34)50-46(49-44)35-27-23-31(24-28-35)30-21-25-32(26-22-30)41-42(51-29-10-9-20-40(51)47-41)38-18-11-17-37-36-16-7-8-19-39(36)52-43(37)38/h1-29H. The summed E-state index contributed by atoms with van der Waals surface area (Å²) in [4.78, 5) is 19.7. The highest BCUT2D eigenvalue weighted by Gasteiger charge is 2.21. The van der Waals surface area contributed by atoms with Crippen LogP contribution >= 0.6 is 0 Å². The molecule has 6 aromatic carbocycles. The maximum absolute atomic E-state index is 6.47. The van der Waals surface area contributed by atoms with E-state index in [2.05, 4.69) is 89.5 Å². The van der Waals surface area contributed by atoms with Gasteiger partial charge in [-0.15, -0.1) is 0 Å². The van der Waals surface area contributed by atoms with E-state index < -0.39 is 0 Å². The van der Waals surface area contributed by atoms with Gasteiger partial charge in [-0.1, -0.05) is 146 Å². The molecule has 0 unspecified atom stereocenters. The van der Waals surface area contributed by atoms with E-state index in [9.17, 15) is 0 Å². The Bertz CT molecular complexity index is 2820. The van der Waals surface area contributed by atoms with Gasteiger partial charge in [-0.05, 0) is 35.4 Å². The van der Waals surface area contributed by atoms with Gasteiger partial charge >= 0.3 is 0 Å². The van der Waals surface area contributed by atoms with Crippen molar-refractivity contribution in [3.05, 3.63) is 176 Å². The van der Waals surface area contributed by atoms with Crippen LogP contribution in [0, 0.1) is 0 Å². The number of nitrogens with zero attached hydrogens (tertiary/aromatic N) is 5. The largest absolute Gasteiger partial charge is 0.455 e. The third-order valence-corrected chi connectivity index (χ3v) is 9.52. The maximum atomic E-state index is 6.47. The third-order valence-electron chi connectivity index (χ3n) is 9.52. The van der Waals surface area contributed by atoms with E-state index in [0.717, 1.165) is 77.9 Å². The van der Waals surface area contributed by atoms with E-state index >= 15 is 0 Å². The zero-order chi connectivity index (χ0) is 34.4. The number of imidazole rings is 1. The first-order valence-corrected chi connectivity index (χ1v) is 17.2. The number of aromatic nitrogens is 5. The van der Waals surface area contributed by atoms with Gasteiger partial charge < -0.3 is 4.42 Å². The maximum Gasteiger partial charge on any atom is 0.164 e. The van der Waals surface area contributed by atoms with Crippen molar-refractivity contribution in [2.75, 3.05) is 0 Å². The molecule has 6 nitrogen and oxygen atoms in total. The number of hydrogen-bond acceptors (Lipinski definition) is 5. The summed E-state index contributed by atoms with van der Waals surface area (Å²) in [5.74, 6) is 1.92. The lowest BCUT2D eigenvalue weighted by atomic mass is 9.99. The number of para-hydroxylation sites is 2. The van der Waals surface area contributed by atoms with Gasteiger partial charge in [0.15, 0.2) is 17.5 Å². The molecule has 52 heavy (non-hydrogen) atoms. The molecule has 0 saturated carbocycles. The first-order chi connectivity index (χ1) is 25.8. The molecule has 4 heterocycles. The van der Waals surface area contributed by atoms with Gasteiger partial charge in [0, 0.05) is 44.8 Å². The van der Waals surface area contributed by atoms with Gasteiger partial charge in [0.05, 0.1) is 11.4 Å². The average molecular weight is 668 g/mol. The molecule has 0 radical (unpaired) electrons. The van der Waals surface area contributed by atoms with Gasteiger partial charge in [0.2, 0.25) is 0 Å². The van der Waals surface area contributed by atoms with Crippen molar-refractivity contribution in [2.24, 2.45) is 0 Å². The Morgan fingerprint density at radius 1 is 0.385 bits per heavy atom. The molecule has 10 aromatic rings. The Kier molecular flexibility index (Phi) is 7.03. The van der Waals surface area contributed by atoms with Crippen LogP contribution in [0.25, 0.3) is 95.4 Å². The van der Waals surface area contributed by atoms with E-state index in [-0.39, 0.29) is 0 Å². The van der Waals surface area contributed by atoms with E-state index in [1.807, 2.05) is 91.0 Å². The van der Waals surface area contributed by atoms with Crippen molar-refractivity contribution in [3.8, 4) is 67.8 Å². The van der Waals surface area contributed by atoms with Crippen molar-refractivity contribution in [1.82, 2.24) is 24.3 Å². The van der Waals surface area contributed by atoms with Crippen LogP contribution < -0.4 is 0 Å². The first kappa shape index (κ1) is 29.7. The Morgan fingerprint density at radius 3 is 1.56 bits per heavy atom. The molecule has 0 saturated heterocycles. The summed E-state index contributed by atoms with van der Waals surface area (Å²) in [5, 5.41) is 2.20. The highest BCUT2D eigenvalue weighted by Crippen LogP contribution is 2.40. The van der Waals surface area contributed by atoms with Crippen molar-refractivity contribution in [2.45, 2.75) is 0 Å². The molecule has 0 fully saturated rings. The van der Waals surface area contributed by atoms with Gasteiger partial charge in [0.25, 0.3) is 0 Å². The molecule has 4 aromatic heterocycles.